The molecule has 180 valence electrons. The first-order valence-corrected chi connectivity index (χ1v) is 13.2. The minimum atomic E-state index is 0.170. The van der Waals surface area contributed by atoms with E-state index in [0.717, 1.165) is 37.9 Å². The summed E-state index contributed by atoms with van der Waals surface area (Å²) in [4.78, 5) is 2.61. The highest BCUT2D eigenvalue weighted by Gasteiger charge is 2.39. The van der Waals surface area contributed by atoms with Gasteiger partial charge in [-0.1, -0.05) is 52.3 Å². The van der Waals surface area contributed by atoms with E-state index < -0.39 is 0 Å². The Morgan fingerprint density at radius 2 is 1.63 bits per heavy atom. The van der Waals surface area contributed by atoms with E-state index in [1.165, 1.54) is 58.4 Å². The van der Waals surface area contributed by atoms with Gasteiger partial charge in [0, 0.05) is 24.4 Å². The molecule has 0 saturated carbocycles. The van der Waals surface area contributed by atoms with Gasteiger partial charge in [-0.2, -0.15) is 10.5 Å². The highest BCUT2D eigenvalue weighted by molar-refractivity contribution is 5.72. The number of hydrogen-bond acceptors (Lipinski definition) is 3. The summed E-state index contributed by atoms with van der Waals surface area (Å²) >= 11 is 0. The van der Waals surface area contributed by atoms with Gasteiger partial charge in [0.1, 0.15) is 17.7 Å². The molecule has 1 atom stereocenters. The van der Waals surface area contributed by atoms with Crippen LogP contribution in [0, 0.1) is 28.6 Å². The molecule has 0 radical (unpaired) electrons. The Morgan fingerprint density at radius 1 is 1.00 bits per heavy atom. The van der Waals surface area contributed by atoms with Gasteiger partial charge in [0.25, 0.3) is 0 Å². The van der Waals surface area contributed by atoms with Crippen LogP contribution in [0.5, 0.6) is 0 Å². The quantitative estimate of drug-likeness (QED) is 0.423. The summed E-state index contributed by atoms with van der Waals surface area (Å²) in [7, 11) is 0. The minimum Gasteiger partial charge on any atom is -0.371 e. The van der Waals surface area contributed by atoms with Crippen LogP contribution in [-0.2, 0) is 10.8 Å². The molecule has 0 N–H and O–H groups in total. The van der Waals surface area contributed by atoms with Crippen molar-refractivity contribution in [2.24, 2.45) is 5.92 Å². The average Bonchev–Trinajstić information content (AvgIpc) is 2.83. The van der Waals surface area contributed by atoms with Crippen LogP contribution in [0.25, 0.3) is 6.08 Å². The molecule has 1 unspecified atom stereocenters. The van der Waals surface area contributed by atoms with Gasteiger partial charge < -0.3 is 4.90 Å². The third-order valence-electron chi connectivity index (χ3n) is 9.00. The van der Waals surface area contributed by atoms with Crippen molar-refractivity contribution in [3.05, 3.63) is 68.8 Å². The molecule has 5 rings (SSSR count). The lowest BCUT2D eigenvalue weighted by molar-refractivity contribution is 0.401. The Balaban J connectivity index is 1.57. The molecule has 4 aliphatic rings. The van der Waals surface area contributed by atoms with Crippen LogP contribution in [0.4, 0.5) is 5.69 Å². The zero-order valence-electron chi connectivity index (χ0n) is 22.0. The fourth-order valence-electron chi connectivity index (χ4n) is 6.59. The standard InChI is InChI=1S/C32H37N3/c1-21-7-6-8-25-26(21)15-22(16-27(25)24(19-33)20-34)9-10-23-17-28-30-29(18-23)32(4,5)12-14-35(30)13-11-31(28,2)3/h9-10,16-18,21H,6-8,11-15H2,1-5H3/b10-9+. The number of rotatable bonds is 2. The molecule has 0 fully saturated rings. The van der Waals surface area contributed by atoms with E-state index in [-0.39, 0.29) is 16.4 Å². The van der Waals surface area contributed by atoms with Crippen molar-refractivity contribution < 1.29 is 0 Å². The third-order valence-corrected chi connectivity index (χ3v) is 9.00. The maximum absolute atomic E-state index is 9.62. The van der Waals surface area contributed by atoms with Crippen LogP contribution in [0.15, 0.2) is 52.2 Å². The van der Waals surface area contributed by atoms with E-state index in [9.17, 15) is 10.5 Å². The van der Waals surface area contributed by atoms with Crippen LogP contribution in [-0.4, -0.2) is 13.1 Å². The van der Waals surface area contributed by atoms with E-state index in [4.69, 9.17) is 0 Å². The molecule has 1 aromatic carbocycles. The molecular weight excluding hydrogens is 426 g/mol. The van der Waals surface area contributed by atoms with Gasteiger partial charge in [-0.25, -0.2) is 0 Å². The average molecular weight is 464 g/mol. The van der Waals surface area contributed by atoms with Crippen molar-refractivity contribution in [1.29, 1.82) is 10.5 Å². The van der Waals surface area contributed by atoms with Crippen molar-refractivity contribution in [2.45, 2.75) is 84.0 Å². The summed E-state index contributed by atoms with van der Waals surface area (Å²) in [6.45, 7) is 14.1. The zero-order chi connectivity index (χ0) is 25.0. The lowest BCUT2D eigenvalue weighted by atomic mass is 9.69. The van der Waals surface area contributed by atoms with Crippen LogP contribution in [0.1, 0.15) is 89.8 Å². The normalized spacial score (nSPS) is 24.3. The lowest BCUT2D eigenvalue weighted by Crippen LogP contribution is -2.44. The van der Waals surface area contributed by atoms with E-state index in [1.54, 1.807) is 0 Å². The van der Waals surface area contributed by atoms with Crippen molar-refractivity contribution >= 4 is 11.8 Å². The molecule has 0 aromatic heterocycles. The number of nitrogens with zero attached hydrogens (tertiary/aromatic N) is 3. The Hall–Kier alpha value is -3.04. The molecule has 35 heavy (non-hydrogen) atoms. The van der Waals surface area contributed by atoms with Gasteiger partial charge in [-0.3, -0.25) is 0 Å². The minimum absolute atomic E-state index is 0.170. The van der Waals surface area contributed by atoms with E-state index in [0.29, 0.717) is 5.92 Å². The largest absolute Gasteiger partial charge is 0.371 e. The van der Waals surface area contributed by atoms with Gasteiger partial charge in [0.05, 0.1) is 0 Å². The number of nitriles is 2. The second-order valence-electron chi connectivity index (χ2n) is 12.3. The molecule has 0 spiro atoms. The molecule has 3 heteroatoms. The molecule has 1 aromatic rings. The summed E-state index contributed by atoms with van der Waals surface area (Å²) in [6.07, 6.45) is 13.2. The maximum Gasteiger partial charge on any atom is 0.137 e. The molecule has 2 aliphatic carbocycles. The predicted molar refractivity (Wildman–Crippen MR) is 144 cm³/mol. The Kier molecular flexibility index (Phi) is 5.80. The van der Waals surface area contributed by atoms with Crippen molar-refractivity contribution in [1.82, 2.24) is 0 Å². The first-order valence-electron chi connectivity index (χ1n) is 13.2. The van der Waals surface area contributed by atoms with Gasteiger partial charge in [0.2, 0.25) is 0 Å². The highest BCUT2D eigenvalue weighted by Crippen LogP contribution is 2.49. The van der Waals surface area contributed by atoms with Crippen LogP contribution in [0.3, 0.4) is 0 Å². The smallest absolute Gasteiger partial charge is 0.137 e. The maximum atomic E-state index is 9.62. The molecule has 3 nitrogen and oxygen atoms in total. The second kappa shape index (κ2) is 8.57. The van der Waals surface area contributed by atoms with Gasteiger partial charge >= 0.3 is 0 Å². The summed E-state index contributed by atoms with van der Waals surface area (Å²) in [5, 5.41) is 19.2. The van der Waals surface area contributed by atoms with Gasteiger partial charge in [0.15, 0.2) is 0 Å². The highest BCUT2D eigenvalue weighted by atomic mass is 15.2. The monoisotopic (exact) mass is 463 g/mol. The predicted octanol–water partition coefficient (Wildman–Crippen LogP) is 7.66. The zero-order valence-corrected chi connectivity index (χ0v) is 22.0. The number of anilines is 1. The van der Waals surface area contributed by atoms with Crippen molar-refractivity contribution in [2.75, 3.05) is 18.0 Å². The van der Waals surface area contributed by atoms with Crippen LogP contribution >= 0.6 is 0 Å². The van der Waals surface area contributed by atoms with Gasteiger partial charge in [-0.15, -0.1) is 0 Å². The SMILES string of the molecule is CC1CCCC2=C1CC(/C=C/c1cc3c4c(c1)C(C)(C)CCN4CCC3(C)C)=CC2=C(C#N)C#N. The molecular formula is C32H37N3. The van der Waals surface area contributed by atoms with E-state index >= 15 is 0 Å². The Bertz CT molecular complexity index is 1230. The topological polar surface area (TPSA) is 50.8 Å². The first-order chi connectivity index (χ1) is 16.6. The second-order valence-corrected chi connectivity index (χ2v) is 12.3. The van der Waals surface area contributed by atoms with Crippen molar-refractivity contribution in [3.8, 4) is 12.1 Å². The van der Waals surface area contributed by atoms with Crippen molar-refractivity contribution in [3.63, 3.8) is 0 Å². The molecule has 2 heterocycles. The Morgan fingerprint density at radius 3 is 2.23 bits per heavy atom. The summed E-state index contributed by atoms with van der Waals surface area (Å²) in [6, 6.07) is 9.12. The molecule has 0 saturated heterocycles. The molecule has 0 bridgehead atoms. The summed E-state index contributed by atoms with van der Waals surface area (Å²) in [5.41, 5.74) is 11.0. The number of hydrogen-bond donors (Lipinski definition) is 0. The fraction of sp³-hybridized carbons (Fsp3) is 0.500. The van der Waals surface area contributed by atoms with Gasteiger partial charge in [-0.05, 0) is 101 Å². The third kappa shape index (κ3) is 4.06. The van der Waals surface area contributed by atoms with Crippen LogP contribution in [0.2, 0.25) is 0 Å². The number of allylic oxidation sites excluding steroid dienone is 7. The van der Waals surface area contributed by atoms with E-state index in [2.05, 4.69) is 82.0 Å². The molecule has 2 aliphatic heterocycles. The fourth-order valence-corrected chi connectivity index (χ4v) is 6.59. The first kappa shape index (κ1) is 23.7. The molecule has 0 amide bonds. The summed E-state index contributed by atoms with van der Waals surface area (Å²) in [5.74, 6) is 0.505. The van der Waals surface area contributed by atoms with Crippen LogP contribution < -0.4 is 4.90 Å². The van der Waals surface area contributed by atoms with E-state index in [1.807, 2.05) is 0 Å². The summed E-state index contributed by atoms with van der Waals surface area (Å²) < 4.78 is 0. The number of benzene rings is 1. The lowest BCUT2D eigenvalue weighted by Gasteiger charge is -2.48. The Labute approximate surface area is 211 Å².